The van der Waals surface area contributed by atoms with Crippen molar-refractivity contribution in [2.45, 2.75) is 104 Å². The molecule has 1 aliphatic rings. The molecule has 0 spiro atoms. The van der Waals surface area contributed by atoms with E-state index in [0.717, 1.165) is 97.9 Å². The summed E-state index contributed by atoms with van der Waals surface area (Å²) >= 11 is 11.6. The number of aliphatic hydroxyl groups is 2. The van der Waals surface area contributed by atoms with Gasteiger partial charge >= 0.3 is 21.0 Å². The van der Waals surface area contributed by atoms with Crippen LogP contribution in [0.25, 0.3) is 22.5 Å². The molecule has 2 amide bonds. The number of phenolic OH excluding ortho intramolecular Hbond substituents is 4. The second kappa shape index (κ2) is 43.2. The summed E-state index contributed by atoms with van der Waals surface area (Å²) in [5.41, 5.74) is 26.2. The van der Waals surface area contributed by atoms with Crippen molar-refractivity contribution >= 4 is 98.8 Å². The number of hydrogen-bond donors (Lipinski definition) is 12. The number of sulfonamides is 2. The first-order valence-corrected chi connectivity index (χ1v) is 42.4. The van der Waals surface area contributed by atoms with E-state index in [1.165, 1.54) is 24.3 Å². The number of hydrogen-bond acceptors (Lipinski definition) is 23. The fraction of sp³-hybridized carbons (Fsp3) is 0.263. The van der Waals surface area contributed by atoms with E-state index in [9.17, 15) is 57.1 Å². The highest BCUT2D eigenvalue weighted by Gasteiger charge is 2.29. The van der Waals surface area contributed by atoms with Crippen LogP contribution in [-0.4, -0.2) is 155 Å². The monoisotopic (exact) mass is 1700 g/mol. The number of imidazole rings is 3. The number of amides is 2. The van der Waals surface area contributed by atoms with Gasteiger partial charge in [0, 0.05) is 128 Å². The van der Waals surface area contributed by atoms with Crippen LogP contribution in [0.5, 0.6) is 23.0 Å². The SMILES string of the molecule is CC(O)Cc1c(-c2ccccc2)ncn1Cc1cc(O)c(Cl)c(O)c1.Cc1cc(Cn2cnc(-c3ccccc3)c2CC(C)O)cc(NS(C)(=O)=O)c1.Cc1cc(Cn2cnc(Cc3ccccc3)c2CC(N)=O)cc(NS(C)(=O)=O)c1.N=S(=O)=O.N=S(=O)=O.NC(=O)CCC1CN(c2ccccc2)CCN1c1cc(O)c(Cl)c(O)c1. The fourth-order valence-corrected chi connectivity index (χ4v) is 14.1. The van der Waals surface area contributed by atoms with E-state index in [4.69, 9.17) is 61.1 Å². The lowest BCUT2D eigenvalue weighted by Crippen LogP contribution is -2.53. The maximum absolute atomic E-state index is 11.6. The third-order valence-electron chi connectivity index (χ3n) is 17.3. The zero-order chi connectivity index (χ0) is 85.1. The number of para-hydroxylation sites is 1. The van der Waals surface area contributed by atoms with Crippen LogP contribution in [0.3, 0.4) is 0 Å². The van der Waals surface area contributed by atoms with Gasteiger partial charge in [-0.15, -0.1) is 0 Å². The molecule has 12 rings (SSSR count). The van der Waals surface area contributed by atoms with Crippen molar-refractivity contribution in [3.63, 3.8) is 0 Å². The number of phenols is 4. The highest BCUT2D eigenvalue weighted by atomic mass is 35.5. The molecule has 4 heterocycles. The lowest BCUT2D eigenvalue weighted by Gasteiger charge is -2.44. The molecule has 0 aliphatic carbocycles. The molecule has 8 aromatic carbocycles. The van der Waals surface area contributed by atoms with E-state index in [1.807, 2.05) is 155 Å². The summed E-state index contributed by atoms with van der Waals surface area (Å²) in [5, 5.41) is 59.2. The summed E-state index contributed by atoms with van der Waals surface area (Å²) < 4.78 is 103. The van der Waals surface area contributed by atoms with E-state index >= 15 is 0 Å². The molecule has 1 fully saturated rings. The fourth-order valence-electron chi connectivity index (χ4n) is 12.8. The van der Waals surface area contributed by atoms with Gasteiger partial charge in [0.15, 0.2) is 0 Å². The number of primary amides is 2. The van der Waals surface area contributed by atoms with Gasteiger partial charge in [-0.05, 0) is 116 Å². The number of carbonyl (C=O) groups is 2. The van der Waals surface area contributed by atoms with Crippen molar-refractivity contribution in [3.05, 3.63) is 267 Å². The number of benzene rings is 8. The maximum atomic E-state index is 11.6. The van der Waals surface area contributed by atoms with Crippen LogP contribution in [-0.2, 0) is 96.0 Å². The number of nitrogens with two attached hydrogens (primary N) is 2. The predicted octanol–water partition coefficient (Wildman–Crippen LogP) is 11.0. The molecule has 36 heteroatoms. The van der Waals surface area contributed by atoms with Gasteiger partial charge < -0.3 is 65.6 Å². The summed E-state index contributed by atoms with van der Waals surface area (Å²) in [6, 6.07) is 56.9. The Labute approximate surface area is 686 Å². The zero-order valence-electron chi connectivity index (χ0n) is 64.2. The highest BCUT2D eigenvalue weighted by Crippen LogP contribution is 2.40. The molecule has 3 aromatic heterocycles. The number of halogens is 2. The van der Waals surface area contributed by atoms with Gasteiger partial charge in [-0.25, -0.2) is 31.8 Å². The van der Waals surface area contributed by atoms with E-state index in [1.54, 1.807) is 51.0 Å². The summed E-state index contributed by atoms with van der Waals surface area (Å²) in [7, 11) is -11.9. The van der Waals surface area contributed by atoms with Crippen molar-refractivity contribution < 1.29 is 73.9 Å². The number of piperazine rings is 1. The average molecular weight is 1700 g/mol. The number of aromatic hydroxyl groups is 4. The van der Waals surface area contributed by atoms with Crippen LogP contribution in [0.4, 0.5) is 22.7 Å². The van der Waals surface area contributed by atoms with Crippen molar-refractivity contribution in [1.82, 2.24) is 28.7 Å². The van der Waals surface area contributed by atoms with Crippen LogP contribution in [0.2, 0.25) is 10.0 Å². The number of aryl methyl sites for hydroxylation is 2. The van der Waals surface area contributed by atoms with E-state index in [-0.39, 0.29) is 57.8 Å². The third kappa shape index (κ3) is 30.0. The molecular formula is C80H92Cl2N14O16S4. The van der Waals surface area contributed by atoms with Crippen molar-refractivity contribution in [2.24, 2.45) is 11.5 Å². The van der Waals surface area contributed by atoms with Gasteiger partial charge in [0.2, 0.25) is 31.9 Å². The molecule has 0 bridgehead atoms. The van der Waals surface area contributed by atoms with Crippen molar-refractivity contribution in [1.29, 1.82) is 9.56 Å². The number of rotatable bonds is 25. The minimum Gasteiger partial charge on any atom is -0.506 e. The number of aliphatic hydroxyl groups excluding tert-OH is 2. The molecule has 3 atom stereocenters. The number of nitrogens with one attached hydrogen (secondary N) is 4. The molecule has 0 saturated carbocycles. The first-order chi connectivity index (χ1) is 54.8. The van der Waals surface area contributed by atoms with Crippen LogP contribution < -0.4 is 30.7 Å². The maximum Gasteiger partial charge on any atom is 0.308 e. The Balaban J connectivity index is 0.000000207. The number of anilines is 4. The van der Waals surface area contributed by atoms with Crippen molar-refractivity contribution in [2.75, 3.05) is 51.4 Å². The molecule has 30 nitrogen and oxygen atoms in total. The van der Waals surface area contributed by atoms with Gasteiger partial charge in [0.05, 0.1) is 72.9 Å². The molecular weight excluding hydrogens is 1610 g/mol. The summed E-state index contributed by atoms with van der Waals surface area (Å²) in [5.74, 6) is -1.44. The largest absolute Gasteiger partial charge is 0.506 e. The van der Waals surface area contributed by atoms with E-state index < -0.39 is 59.2 Å². The standard InChI is InChI=1S/C21H24N4O3S.C21H25N3O3S.C19H22ClN3O3.C19H19ClN2O3.2HNO2S/c1-15-8-17(10-18(9-15)24-29(2,27)28)13-25-14-23-19(20(25)12-21(22)26)11-16-6-4-3-5-7-16;1-15-9-17(12-19(10-15)23-28(3,26)27)13-24-14-22-21(20(24)11-16(2)25)18-7-5-4-6-8-18;20-19-16(24)10-15(11-17(19)25)23-9-8-22(13-4-2-1-3-5-13)12-14(23)6-7-18(21)26;1-12(23)7-15-19(14-5-3-2-4-6-14)21-11-22(15)10-13-8-16(24)18(20)17(25)9-13;2*1-4(2)3/h3-10,14,24H,11-13H2,1-2H3,(H2,22,26);4-10,12,14,16,23,25H,11,13H2,1-3H3;1-5,10-11,14,24-25H,6-9,12H2,(H2,21,26);2-6,8-9,11-12,23-25H,7,10H2,1H3;2*1H. The van der Waals surface area contributed by atoms with Crippen LogP contribution in [0, 0.1) is 23.4 Å². The lowest BCUT2D eigenvalue weighted by molar-refractivity contribution is -0.118. The Morgan fingerprint density at radius 1 is 0.526 bits per heavy atom. The molecule has 3 unspecified atom stereocenters. The molecule has 1 aliphatic heterocycles. The summed E-state index contributed by atoms with van der Waals surface area (Å²) in [6.45, 7) is 10.8. The van der Waals surface area contributed by atoms with Gasteiger partial charge in [-0.2, -0.15) is 26.4 Å². The smallest absolute Gasteiger partial charge is 0.308 e. The molecule has 116 heavy (non-hydrogen) atoms. The van der Waals surface area contributed by atoms with Gasteiger partial charge in [-0.3, -0.25) is 19.0 Å². The number of carbonyl (C=O) groups excluding carboxylic acids is 2. The Bertz CT molecular complexity index is 5550. The second-order valence-electron chi connectivity index (χ2n) is 27.3. The first-order valence-electron chi connectivity index (χ1n) is 35.7. The zero-order valence-corrected chi connectivity index (χ0v) is 68.9. The van der Waals surface area contributed by atoms with E-state index in [0.29, 0.717) is 81.0 Å². The molecule has 0 radical (unpaired) electrons. The Kier molecular flexibility index (Phi) is 34.1. The molecule has 14 N–H and O–H groups in total. The number of aromatic nitrogens is 6. The topological polar surface area (TPSA) is 476 Å². The highest BCUT2D eigenvalue weighted by molar-refractivity contribution is 7.92. The normalized spacial score (nSPS) is 12.9. The first kappa shape index (κ1) is 91.6. The van der Waals surface area contributed by atoms with Crippen LogP contribution in [0.1, 0.15) is 82.8 Å². The summed E-state index contributed by atoms with van der Waals surface area (Å²) in [4.78, 5) is 40.9. The molecule has 11 aromatic rings. The average Bonchev–Trinajstić information content (AvgIpc) is 1.58. The van der Waals surface area contributed by atoms with Crippen LogP contribution >= 0.6 is 23.2 Å². The minimum atomic E-state index is -3.37. The Hall–Kier alpha value is -11.6. The lowest BCUT2D eigenvalue weighted by atomic mass is 10.0. The quantitative estimate of drug-likeness (QED) is 0.0253. The third-order valence-corrected chi connectivity index (χ3v) is 19.3. The molecule has 616 valence electrons. The summed E-state index contributed by atoms with van der Waals surface area (Å²) in [6.07, 6.45) is 8.86. The second-order valence-corrected chi connectivity index (χ2v) is 32.4. The van der Waals surface area contributed by atoms with Gasteiger partial charge in [0.25, 0.3) is 0 Å². The van der Waals surface area contributed by atoms with E-state index in [2.05, 4.69) is 46.3 Å². The van der Waals surface area contributed by atoms with Crippen molar-refractivity contribution in [3.8, 4) is 45.5 Å². The Morgan fingerprint density at radius 2 is 0.905 bits per heavy atom. The van der Waals surface area contributed by atoms with Gasteiger partial charge in [-0.1, -0.05) is 145 Å². The Morgan fingerprint density at radius 3 is 1.30 bits per heavy atom. The minimum absolute atomic E-state index is 0.0106. The predicted molar refractivity (Wildman–Crippen MR) is 448 cm³/mol. The molecule has 1 saturated heterocycles. The number of nitrogens with zero attached hydrogens (tertiary/aromatic N) is 8. The van der Waals surface area contributed by atoms with Crippen LogP contribution in [0.15, 0.2) is 201 Å². The van der Waals surface area contributed by atoms with Gasteiger partial charge in [0.1, 0.15) is 33.0 Å².